The van der Waals surface area contributed by atoms with Gasteiger partial charge >= 0.3 is 6.36 Å². The fraction of sp³-hybridized carbons (Fsp3) is 0.609. The Balaban J connectivity index is 1.26. The number of hydrogen-bond donors (Lipinski definition) is 0. The van der Waals surface area contributed by atoms with Crippen molar-refractivity contribution in [3.63, 3.8) is 0 Å². The molecule has 0 aliphatic heterocycles. The largest absolute Gasteiger partial charge is 0.573 e. The first-order valence-electron chi connectivity index (χ1n) is 10.9. The van der Waals surface area contributed by atoms with Gasteiger partial charge in [-0.05, 0) is 74.3 Å². The summed E-state index contributed by atoms with van der Waals surface area (Å²) in [5, 5.41) is 4.16. The molecule has 4 aliphatic carbocycles. The third kappa shape index (κ3) is 3.13. The van der Waals surface area contributed by atoms with Crippen LogP contribution in [-0.4, -0.2) is 17.6 Å². The lowest BCUT2D eigenvalue weighted by Crippen LogP contribution is -2.38. The molecule has 7 heteroatoms. The van der Waals surface area contributed by atoms with Crippen molar-refractivity contribution in [1.82, 2.24) is 5.16 Å². The predicted octanol–water partition coefficient (Wildman–Crippen LogP) is 6.21. The van der Waals surface area contributed by atoms with E-state index in [0.29, 0.717) is 17.7 Å². The molecule has 0 bridgehead atoms. The molecule has 0 N–H and O–H groups in total. The molecular weight excluding hydrogens is 395 g/mol. The first-order chi connectivity index (χ1) is 14.4. The summed E-state index contributed by atoms with van der Waals surface area (Å²) in [4.78, 5) is 0. The predicted molar refractivity (Wildman–Crippen MR) is 102 cm³/mol. The number of para-hydroxylation sites is 1. The number of halogens is 3. The van der Waals surface area contributed by atoms with Crippen LogP contribution in [0.4, 0.5) is 13.2 Å². The average Bonchev–Trinajstić information content (AvgIpc) is 3.60. The van der Waals surface area contributed by atoms with Crippen molar-refractivity contribution >= 4 is 0 Å². The Labute approximate surface area is 172 Å². The molecule has 4 aliphatic rings. The number of hydrogen-bond acceptors (Lipinski definition) is 4. The van der Waals surface area contributed by atoms with E-state index in [2.05, 4.69) is 9.89 Å². The van der Waals surface area contributed by atoms with Gasteiger partial charge in [0.1, 0.15) is 17.2 Å². The smallest absolute Gasteiger partial charge is 0.405 e. The second kappa shape index (κ2) is 6.49. The Morgan fingerprint density at radius 3 is 2.60 bits per heavy atom. The van der Waals surface area contributed by atoms with Crippen LogP contribution >= 0.6 is 0 Å². The highest BCUT2D eigenvalue weighted by molar-refractivity contribution is 5.70. The highest BCUT2D eigenvalue weighted by atomic mass is 19.4. The number of benzene rings is 1. The minimum Gasteiger partial charge on any atom is -0.405 e. The van der Waals surface area contributed by atoms with Crippen LogP contribution in [0.15, 0.2) is 28.8 Å². The van der Waals surface area contributed by atoms with E-state index in [1.807, 2.05) is 0 Å². The van der Waals surface area contributed by atoms with Gasteiger partial charge < -0.3 is 14.0 Å². The molecule has 1 unspecified atom stereocenters. The molecule has 4 fully saturated rings. The third-order valence-electron chi connectivity index (χ3n) is 7.74. The van der Waals surface area contributed by atoms with Gasteiger partial charge in [0.25, 0.3) is 0 Å². The van der Waals surface area contributed by atoms with Crippen LogP contribution < -0.4 is 4.74 Å². The molecule has 2 aromatic rings. The fourth-order valence-electron chi connectivity index (χ4n) is 5.88. The summed E-state index contributed by atoms with van der Waals surface area (Å²) in [5.41, 5.74) is 2.11. The van der Waals surface area contributed by atoms with E-state index < -0.39 is 6.36 Å². The van der Waals surface area contributed by atoms with Crippen molar-refractivity contribution in [2.45, 2.75) is 69.9 Å². The maximum atomic E-state index is 12.9. The SMILES string of the molecule is FC(F)(F)Oc1ccccc1-c1noc(C2CC2)c1CO[C@@H]1CC2C[C@]23CC[C@H]3C1. The van der Waals surface area contributed by atoms with Crippen molar-refractivity contribution in [3.05, 3.63) is 35.6 Å². The fourth-order valence-corrected chi connectivity index (χ4v) is 5.88. The lowest BCUT2D eigenvalue weighted by molar-refractivity contribution is -0.274. The quantitative estimate of drug-likeness (QED) is 0.558. The van der Waals surface area contributed by atoms with Crippen LogP contribution in [0.5, 0.6) is 5.75 Å². The molecule has 6 rings (SSSR count). The molecule has 1 aromatic carbocycles. The summed E-state index contributed by atoms with van der Waals surface area (Å²) in [6.45, 7) is 0.322. The summed E-state index contributed by atoms with van der Waals surface area (Å²) < 4.78 is 54.9. The first kappa shape index (κ1) is 18.7. The molecule has 4 saturated carbocycles. The van der Waals surface area contributed by atoms with Gasteiger partial charge in [0.2, 0.25) is 0 Å². The van der Waals surface area contributed by atoms with E-state index in [1.165, 1.54) is 31.4 Å². The highest BCUT2D eigenvalue weighted by Crippen LogP contribution is 2.73. The van der Waals surface area contributed by atoms with Gasteiger partial charge in [-0.3, -0.25) is 0 Å². The topological polar surface area (TPSA) is 44.5 Å². The van der Waals surface area contributed by atoms with Crippen molar-refractivity contribution in [2.75, 3.05) is 0 Å². The van der Waals surface area contributed by atoms with Crippen LogP contribution in [0, 0.1) is 17.3 Å². The molecular formula is C23H24F3NO3. The highest BCUT2D eigenvalue weighted by Gasteiger charge is 2.66. The van der Waals surface area contributed by atoms with Crippen molar-refractivity contribution in [3.8, 4) is 17.0 Å². The standard InChI is InChI=1S/C23H24F3NO3/c24-23(25,26)29-19-4-2-1-3-17(19)20-18(21(30-27-20)13-5-6-13)12-28-16-9-14-7-8-22(14)11-15(22)10-16/h1-4,13-16H,5-12H2/t14-,15?,16-,22-/m0/s1. The normalized spacial score (nSPS) is 32.2. The number of alkyl halides is 3. The molecule has 30 heavy (non-hydrogen) atoms. The maximum Gasteiger partial charge on any atom is 0.573 e. The first-order valence-corrected chi connectivity index (χ1v) is 10.9. The molecule has 0 amide bonds. The second-order valence-electron chi connectivity index (χ2n) is 9.47. The van der Waals surface area contributed by atoms with E-state index in [4.69, 9.17) is 9.26 Å². The maximum absolute atomic E-state index is 12.9. The van der Waals surface area contributed by atoms with Gasteiger partial charge in [-0.15, -0.1) is 13.2 Å². The summed E-state index contributed by atoms with van der Waals surface area (Å²) in [5.74, 6) is 2.38. The minimum atomic E-state index is -4.77. The van der Waals surface area contributed by atoms with Crippen molar-refractivity contribution in [1.29, 1.82) is 0 Å². The van der Waals surface area contributed by atoms with E-state index in [1.54, 1.807) is 12.1 Å². The van der Waals surface area contributed by atoms with Gasteiger partial charge in [0.05, 0.1) is 12.7 Å². The molecule has 4 atom stereocenters. The number of ether oxygens (including phenoxy) is 2. The Morgan fingerprint density at radius 2 is 1.90 bits per heavy atom. The summed E-state index contributed by atoms with van der Waals surface area (Å²) in [6.07, 6.45) is 3.72. The lowest BCUT2D eigenvalue weighted by Gasteiger charge is -2.44. The minimum absolute atomic E-state index is 0.215. The Morgan fingerprint density at radius 1 is 1.10 bits per heavy atom. The second-order valence-corrected chi connectivity index (χ2v) is 9.47. The van der Waals surface area contributed by atoms with Crippen LogP contribution in [0.3, 0.4) is 0 Å². The lowest BCUT2D eigenvalue weighted by atomic mass is 9.63. The molecule has 0 saturated heterocycles. The third-order valence-corrected chi connectivity index (χ3v) is 7.74. The Kier molecular flexibility index (Phi) is 4.05. The molecule has 0 radical (unpaired) electrons. The zero-order valence-corrected chi connectivity index (χ0v) is 16.6. The van der Waals surface area contributed by atoms with Crippen molar-refractivity contribution < 1.29 is 27.2 Å². The van der Waals surface area contributed by atoms with Crippen LogP contribution in [0.1, 0.15) is 62.2 Å². The zero-order chi connectivity index (χ0) is 20.5. The summed E-state index contributed by atoms with van der Waals surface area (Å²) in [7, 11) is 0. The average molecular weight is 419 g/mol. The van der Waals surface area contributed by atoms with Gasteiger partial charge in [0.15, 0.2) is 0 Å². The summed E-state index contributed by atoms with van der Waals surface area (Å²) in [6, 6.07) is 6.10. The molecule has 1 spiro atoms. The summed E-state index contributed by atoms with van der Waals surface area (Å²) >= 11 is 0. The van der Waals surface area contributed by atoms with Gasteiger partial charge in [-0.25, -0.2) is 0 Å². The van der Waals surface area contributed by atoms with E-state index in [9.17, 15) is 13.2 Å². The Bertz CT molecular complexity index is 967. The molecule has 160 valence electrons. The van der Waals surface area contributed by atoms with Gasteiger partial charge in [0, 0.05) is 17.0 Å². The van der Waals surface area contributed by atoms with Crippen LogP contribution in [-0.2, 0) is 11.3 Å². The van der Waals surface area contributed by atoms with E-state index >= 15 is 0 Å². The molecule has 4 nitrogen and oxygen atoms in total. The van der Waals surface area contributed by atoms with Crippen molar-refractivity contribution in [2.24, 2.45) is 17.3 Å². The van der Waals surface area contributed by atoms with Gasteiger partial charge in [-0.2, -0.15) is 0 Å². The monoisotopic (exact) mass is 419 g/mol. The number of rotatable bonds is 6. The van der Waals surface area contributed by atoms with E-state index in [-0.39, 0.29) is 23.3 Å². The number of aromatic nitrogens is 1. The van der Waals surface area contributed by atoms with Gasteiger partial charge in [-0.1, -0.05) is 17.3 Å². The molecule has 1 heterocycles. The van der Waals surface area contributed by atoms with E-state index in [0.717, 1.165) is 48.8 Å². The molecule has 1 aromatic heterocycles. The Hall–Kier alpha value is -2.02. The van der Waals surface area contributed by atoms with Crippen LogP contribution in [0.2, 0.25) is 0 Å². The number of nitrogens with zero attached hydrogens (tertiary/aromatic N) is 1. The zero-order valence-electron chi connectivity index (χ0n) is 16.6. The van der Waals surface area contributed by atoms with Crippen LogP contribution in [0.25, 0.3) is 11.3 Å².